The highest BCUT2D eigenvalue weighted by Gasteiger charge is 2.23. The van der Waals surface area contributed by atoms with Gasteiger partial charge >= 0.3 is 0 Å². The average molecular weight is 431 g/mol. The van der Waals surface area contributed by atoms with Crippen molar-refractivity contribution in [3.63, 3.8) is 0 Å². The van der Waals surface area contributed by atoms with Crippen LogP contribution in [0.5, 0.6) is 0 Å². The van der Waals surface area contributed by atoms with E-state index in [0.717, 1.165) is 22.7 Å². The Balaban J connectivity index is 1.87. The monoisotopic (exact) mass is 431 g/mol. The van der Waals surface area contributed by atoms with Gasteiger partial charge in [-0.3, -0.25) is 9.55 Å². The second-order valence-corrected chi connectivity index (χ2v) is 7.58. The summed E-state index contributed by atoms with van der Waals surface area (Å²) in [7, 11) is 0. The molecule has 0 saturated carbocycles. The van der Waals surface area contributed by atoms with Gasteiger partial charge in [-0.1, -0.05) is 18.2 Å². The maximum Gasteiger partial charge on any atom is 0.205 e. The molecule has 4 aromatic heterocycles. The molecule has 0 bridgehead atoms. The molecule has 0 unspecified atom stereocenters. The largest absolute Gasteiger partial charge is 0.394 e. The number of aromatic nitrogens is 6. The molecule has 3 N–H and O–H groups in total. The fourth-order valence-electron chi connectivity index (χ4n) is 3.87. The van der Waals surface area contributed by atoms with Gasteiger partial charge in [-0.15, -0.1) is 0 Å². The van der Waals surface area contributed by atoms with Crippen LogP contribution in [0.4, 0.5) is 10.3 Å². The van der Waals surface area contributed by atoms with Gasteiger partial charge in [-0.05, 0) is 26.0 Å². The summed E-state index contributed by atoms with van der Waals surface area (Å²) in [5, 5.41) is 14.1. The van der Waals surface area contributed by atoms with Crippen LogP contribution in [0.2, 0.25) is 0 Å². The van der Waals surface area contributed by atoms with Crippen LogP contribution in [0.15, 0.2) is 48.9 Å². The van der Waals surface area contributed by atoms with Crippen LogP contribution >= 0.6 is 0 Å². The van der Waals surface area contributed by atoms with Gasteiger partial charge < -0.3 is 15.4 Å². The molecular weight excluding hydrogens is 409 g/mol. The Morgan fingerprint density at radius 1 is 1.19 bits per heavy atom. The number of aromatic amines is 1. The molecule has 0 aliphatic carbocycles. The molecule has 0 saturated heterocycles. The summed E-state index contributed by atoms with van der Waals surface area (Å²) in [6, 6.07) is 9.00. The third-order valence-electron chi connectivity index (χ3n) is 5.39. The number of aliphatic hydroxyl groups excluding tert-OH is 1. The van der Waals surface area contributed by atoms with Gasteiger partial charge in [0.1, 0.15) is 17.0 Å². The zero-order valence-corrected chi connectivity index (χ0v) is 17.7. The minimum atomic E-state index is -0.467. The third-order valence-corrected chi connectivity index (χ3v) is 5.39. The number of nitrogens with zero attached hydrogens (tertiary/aromatic N) is 5. The minimum absolute atomic E-state index is 0.0901. The number of hydrogen-bond acceptors (Lipinski definition) is 6. The van der Waals surface area contributed by atoms with E-state index < -0.39 is 5.82 Å². The lowest BCUT2D eigenvalue weighted by atomic mass is 10.1. The van der Waals surface area contributed by atoms with Crippen molar-refractivity contribution in [3.05, 3.63) is 54.7 Å². The second-order valence-electron chi connectivity index (χ2n) is 7.58. The van der Waals surface area contributed by atoms with Crippen LogP contribution < -0.4 is 5.32 Å². The number of para-hydroxylation sites is 1. The average Bonchev–Trinajstić information content (AvgIpc) is 3.39. The first kappa shape index (κ1) is 20.1. The number of halogens is 1. The lowest BCUT2D eigenvalue weighted by Gasteiger charge is -2.15. The minimum Gasteiger partial charge on any atom is -0.394 e. The topological polar surface area (TPSA) is 105 Å². The van der Waals surface area contributed by atoms with Gasteiger partial charge in [0.25, 0.3) is 0 Å². The molecule has 0 fully saturated rings. The van der Waals surface area contributed by atoms with E-state index in [0.29, 0.717) is 40.7 Å². The summed E-state index contributed by atoms with van der Waals surface area (Å²) in [4.78, 5) is 21.6. The second kappa shape index (κ2) is 8.01. The predicted octanol–water partition coefficient (Wildman–Crippen LogP) is 4.16. The molecular formula is C23H22FN7O. The molecule has 4 heterocycles. The van der Waals surface area contributed by atoms with Gasteiger partial charge in [0.15, 0.2) is 11.5 Å². The van der Waals surface area contributed by atoms with E-state index in [1.807, 2.05) is 48.9 Å². The van der Waals surface area contributed by atoms with Crippen molar-refractivity contribution >= 4 is 28.0 Å². The molecule has 0 amide bonds. The van der Waals surface area contributed by atoms with E-state index in [1.165, 1.54) is 12.3 Å². The molecule has 0 radical (unpaired) electrons. The summed E-state index contributed by atoms with van der Waals surface area (Å²) in [5.74, 6) is 0.457. The molecule has 1 atom stereocenters. The Morgan fingerprint density at radius 3 is 2.81 bits per heavy atom. The Labute approximate surface area is 183 Å². The third kappa shape index (κ3) is 3.27. The zero-order valence-electron chi connectivity index (χ0n) is 17.7. The summed E-state index contributed by atoms with van der Waals surface area (Å²) in [5.41, 5.74) is 4.06. The molecule has 1 aromatic carbocycles. The van der Waals surface area contributed by atoms with E-state index in [1.54, 1.807) is 0 Å². The zero-order chi connectivity index (χ0) is 22.2. The molecule has 8 nitrogen and oxygen atoms in total. The van der Waals surface area contributed by atoms with Crippen LogP contribution in [-0.2, 0) is 0 Å². The van der Waals surface area contributed by atoms with E-state index in [2.05, 4.69) is 15.3 Å². The Morgan fingerprint density at radius 2 is 2.03 bits per heavy atom. The molecule has 5 aromatic rings. The molecule has 162 valence electrons. The van der Waals surface area contributed by atoms with E-state index >= 15 is 0 Å². The fraction of sp³-hybridized carbons (Fsp3) is 0.217. The number of hydrogen-bond donors (Lipinski definition) is 3. The number of fused-ring (bicyclic) bond motifs is 2. The maximum atomic E-state index is 13.9. The number of aliphatic hydroxyl groups is 1. The molecule has 9 heteroatoms. The van der Waals surface area contributed by atoms with Crippen molar-refractivity contribution in [2.24, 2.45) is 0 Å². The van der Waals surface area contributed by atoms with Crippen molar-refractivity contribution in [2.75, 3.05) is 18.5 Å². The standard InChI is InChI=1S/C23H22FN7O/c1-3-26-23-29-20-19(17-11-27-18-7-5-4-6-16(17)18)28-21(14-8-15(24)10-25-9-14)30-22(20)31(23)13(2)12-32/h4-11,13,27,32H,3,12H2,1-2H3,(H,26,29)/t13-/m0/s1. The smallest absolute Gasteiger partial charge is 0.205 e. The van der Waals surface area contributed by atoms with Crippen LogP contribution in [0.3, 0.4) is 0 Å². The molecule has 32 heavy (non-hydrogen) atoms. The first-order valence-corrected chi connectivity index (χ1v) is 10.4. The molecule has 0 spiro atoms. The number of pyridine rings is 1. The van der Waals surface area contributed by atoms with E-state index in [-0.39, 0.29) is 12.6 Å². The van der Waals surface area contributed by atoms with Gasteiger partial charge in [0.2, 0.25) is 5.95 Å². The van der Waals surface area contributed by atoms with Crippen molar-refractivity contribution in [1.82, 2.24) is 29.5 Å². The van der Waals surface area contributed by atoms with Crippen molar-refractivity contribution in [2.45, 2.75) is 19.9 Å². The fourth-order valence-corrected chi connectivity index (χ4v) is 3.87. The Kier molecular flexibility index (Phi) is 5.02. The summed E-state index contributed by atoms with van der Waals surface area (Å²) >= 11 is 0. The predicted molar refractivity (Wildman–Crippen MR) is 122 cm³/mol. The number of anilines is 1. The molecule has 0 aliphatic rings. The number of nitrogens with one attached hydrogen (secondary N) is 2. The van der Waals surface area contributed by atoms with Gasteiger partial charge in [-0.2, -0.15) is 0 Å². The number of imidazole rings is 1. The molecule has 5 rings (SSSR count). The lowest BCUT2D eigenvalue weighted by Crippen LogP contribution is -2.14. The number of benzene rings is 1. The van der Waals surface area contributed by atoms with Crippen molar-refractivity contribution < 1.29 is 9.50 Å². The van der Waals surface area contributed by atoms with E-state index in [9.17, 15) is 9.50 Å². The van der Waals surface area contributed by atoms with E-state index in [4.69, 9.17) is 15.0 Å². The van der Waals surface area contributed by atoms with Crippen LogP contribution in [0.1, 0.15) is 19.9 Å². The van der Waals surface area contributed by atoms with Crippen LogP contribution in [0, 0.1) is 5.82 Å². The highest BCUT2D eigenvalue weighted by molar-refractivity contribution is 6.01. The Hall–Kier alpha value is -3.85. The van der Waals surface area contributed by atoms with Crippen LogP contribution in [0.25, 0.3) is 44.7 Å². The van der Waals surface area contributed by atoms with Crippen molar-refractivity contribution in [1.29, 1.82) is 0 Å². The van der Waals surface area contributed by atoms with Gasteiger partial charge in [-0.25, -0.2) is 19.3 Å². The highest BCUT2D eigenvalue weighted by Crippen LogP contribution is 2.35. The van der Waals surface area contributed by atoms with Gasteiger partial charge in [0.05, 0.1) is 18.8 Å². The summed E-state index contributed by atoms with van der Waals surface area (Å²) < 4.78 is 15.8. The lowest BCUT2D eigenvalue weighted by molar-refractivity contribution is 0.242. The normalized spacial score (nSPS) is 12.5. The van der Waals surface area contributed by atoms with Crippen LogP contribution in [-0.4, -0.2) is 47.7 Å². The Bertz CT molecular complexity index is 1420. The number of rotatable bonds is 6. The van der Waals surface area contributed by atoms with Crippen molar-refractivity contribution in [3.8, 4) is 22.6 Å². The van der Waals surface area contributed by atoms with Gasteiger partial charge in [0, 0.05) is 41.0 Å². The first-order chi connectivity index (χ1) is 15.6. The first-order valence-electron chi connectivity index (χ1n) is 10.4. The quantitative estimate of drug-likeness (QED) is 0.373. The summed E-state index contributed by atoms with van der Waals surface area (Å²) in [6.45, 7) is 4.42. The maximum absolute atomic E-state index is 13.9. The molecule has 0 aliphatic heterocycles. The number of H-pyrrole nitrogens is 1. The highest BCUT2D eigenvalue weighted by atomic mass is 19.1. The summed E-state index contributed by atoms with van der Waals surface area (Å²) in [6.07, 6.45) is 4.57. The SMILES string of the molecule is CCNc1nc2c(-c3c[nH]c4ccccc34)nc(-c3cncc(F)c3)nc2n1[C@@H](C)CO.